The van der Waals surface area contributed by atoms with Crippen molar-refractivity contribution in [2.75, 3.05) is 13.1 Å². The number of hydrogen-bond acceptors (Lipinski definition) is 3. The zero-order valence-corrected chi connectivity index (χ0v) is 11.0. The molecular formula is C14H22N2O. The molecule has 1 aromatic heterocycles. The van der Waals surface area contributed by atoms with Crippen LogP contribution < -0.4 is 4.74 Å². The van der Waals surface area contributed by atoms with Gasteiger partial charge in [-0.05, 0) is 45.8 Å². The average molecular weight is 234 g/mol. The van der Waals surface area contributed by atoms with E-state index in [1.54, 1.807) is 0 Å². The van der Waals surface area contributed by atoms with E-state index in [9.17, 15) is 0 Å². The Kier molecular flexibility index (Phi) is 4.00. The van der Waals surface area contributed by atoms with Crippen LogP contribution in [0.1, 0.15) is 45.2 Å². The minimum absolute atomic E-state index is 0.181. The lowest BCUT2D eigenvalue weighted by molar-refractivity contribution is 0.215. The van der Waals surface area contributed by atoms with Crippen molar-refractivity contribution in [3.8, 4) is 5.88 Å². The highest BCUT2D eigenvalue weighted by Crippen LogP contribution is 2.35. The average Bonchev–Trinajstić information content (AvgIpc) is 2.77. The van der Waals surface area contributed by atoms with Crippen molar-refractivity contribution in [3.63, 3.8) is 0 Å². The normalized spacial score (nSPS) is 21.1. The first-order valence-corrected chi connectivity index (χ1v) is 6.58. The molecule has 0 saturated carbocycles. The van der Waals surface area contributed by atoms with Crippen molar-refractivity contribution in [2.45, 2.75) is 45.8 Å². The number of nitrogens with zero attached hydrogens (tertiary/aromatic N) is 2. The summed E-state index contributed by atoms with van der Waals surface area (Å²) in [6.07, 6.45) is 4.48. The molecule has 94 valence electrons. The lowest BCUT2D eigenvalue weighted by Gasteiger charge is -2.24. The second-order valence-electron chi connectivity index (χ2n) is 4.85. The lowest BCUT2D eigenvalue weighted by Crippen LogP contribution is -2.23. The summed E-state index contributed by atoms with van der Waals surface area (Å²) in [5.41, 5.74) is 1.25. The molecule has 1 saturated heterocycles. The molecule has 3 heteroatoms. The summed E-state index contributed by atoms with van der Waals surface area (Å²) in [6.45, 7) is 8.60. The first-order valence-electron chi connectivity index (χ1n) is 6.58. The standard InChI is InChI=1S/C14H22N2O/c1-4-16-10-6-8-13(16)12-7-5-9-15-14(12)17-11(2)3/h5,7,9,11,13H,4,6,8,10H2,1-3H3/t13-/m0/s1. The van der Waals surface area contributed by atoms with E-state index in [2.05, 4.69) is 22.9 Å². The number of pyridine rings is 1. The van der Waals surface area contributed by atoms with Gasteiger partial charge in [-0.15, -0.1) is 0 Å². The summed E-state index contributed by atoms with van der Waals surface area (Å²) in [7, 11) is 0. The van der Waals surface area contributed by atoms with Gasteiger partial charge >= 0.3 is 0 Å². The molecule has 0 radical (unpaired) electrons. The Balaban J connectivity index is 2.24. The molecule has 3 nitrogen and oxygen atoms in total. The van der Waals surface area contributed by atoms with E-state index >= 15 is 0 Å². The van der Waals surface area contributed by atoms with Crippen LogP contribution in [0.5, 0.6) is 5.88 Å². The monoisotopic (exact) mass is 234 g/mol. The Bertz CT molecular complexity index is 365. The molecule has 1 aliphatic heterocycles. The van der Waals surface area contributed by atoms with E-state index in [0.29, 0.717) is 6.04 Å². The maximum atomic E-state index is 5.81. The predicted molar refractivity (Wildman–Crippen MR) is 69.2 cm³/mol. The number of likely N-dealkylation sites (tertiary alicyclic amines) is 1. The van der Waals surface area contributed by atoms with Crippen molar-refractivity contribution in [3.05, 3.63) is 23.9 Å². The van der Waals surface area contributed by atoms with Crippen molar-refractivity contribution >= 4 is 0 Å². The van der Waals surface area contributed by atoms with Gasteiger partial charge < -0.3 is 4.74 Å². The zero-order chi connectivity index (χ0) is 12.3. The minimum atomic E-state index is 0.181. The Morgan fingerprint density at radius 3 is 3.06 bits per heavy atom. The fourth-order valence-corrected chi connectivity index (χ4v) is 2.54. The number of aromatic nitrogens is 1. The van der Waals surface area contributed by atoms with Crippen LogP contribution in [0.25, 0.3) is 0 Å². The van der Waals surface area contributed by atoms with Crippen LogP contribution in [0.4, 0.5) is 0 Å². The Hall–Kier alpha value is -1.09. The molecule has 0 spiro atoms. The summed E-state index contributed by atoms with van der Waals surface area (Å²) in [4.78, 5) is 6.89. The fourth-order valence-electron chi connectivity index (χ4n) is 2.54. The van der Waals surface area contributed by atoms with Crippen molar-refractivity contribution in [1.29, 1.82) is 0 Å². The summed E-state index contributed by atoms with van der Waals surface area (Å²) in [6, 6.07) is 4.65. The van der Waals surface area contributed by atoms with Crippen LogP contribution in [-0.4, -0.2) is 29.1 Å². The van der Waals surface area contributed by atoms with Gasteiger partial charge in [-0.25, -0.2) is 4.98 Å². The molecule has 1 fully saturated rings. The molecule has 0 aliphatic carbocycles. The van der Waals surface area contributed by atoms with E-state index in [1.165, 1.54) is 24.9 Å². The van der Waals surface area contributed by atoms with Gasteiger partial charge in [0.2, 0.25) is 5.88 Å². The molecule has 2 rings (SSSR count). The van der Waals surface area contributed by atoms with Gasteiger partial charge in [-0.1, -0.05) is 13.0 Å². The number of rotatable bonds is 4. The molecular weight excluding hydrogens is 212 g/mol. The molecule has 0 aromatic carbocycles. The summed E-state index contributed by atoms with van der Waals surface area (Å²) >= 11 is 0. The molecule has 1 atom stereocenters. The largest absolute Gasteiger partial charge is 0.475 e. The first-order chi connectivity index (χ1) is 8.22. The van der Waals surface area contributed by atoms with Crippen LogP contribution >= 0.6 is 0 Å². The second kappa shape index (κ2) is 5.50. The van der Waals surface area contributed by atoms with E-state index < -0.39 is 0 Å². The van der Waals surface area contributed by atoms with E-state index in [-0.39, 0.29) is 6.10 Å². The lowest BCUT2D eigenvalue weighted by atomic mass is 10.1. The van der Waals surface area contributed by atoms with Crippen LogP contribution in [0.3, 0.4) is 0 Å². The molecule has 17 heavy (non-hydrogen) atoms. The zero-order valence-electron chi connectivity index (χ0n) is 11.0. The van der Waals surface area contributed by atoms with Crippen LogP contribution in [-0.2, 0) is 0 Å². The Labute approximate surface area is 104 Å². The highest BCUT2D eigenvalue weighted by atomic mass is 16.5. The summed E-state index contributed by atoms with van der Waals surface area (Å²) in [5.74, 6) is 0.813. The molecule has 0 amide bonds. The maximum absolute atomic E-state index is 5.81. The number of ether oxygens (including phenoxy) is 1. The summed E-state index contributed by atoms with van der Waals surface area (Å²) < 4.78 is 5.81. The predicted octanol–water partition coefficient (Wildman–Crippen LogP) is 3.03. The van der Waals surface area contributed by atoms with Crippen molar-refractivity contribution < 1.29 is 4.74 Å². The van der Waals surface area contributed by atoms with Gasteiger partial charge in [0.15, 0.2) is 0 Å². The van der Waals surface area contributed by atoms with E-state index in [1.807, 2.05) is 26.1 Å². The smallest absolute Gasteiger partial charge is 0.218 e. The van der Waals surface area contributed by atoms with Crippen LogP contribution in [0, 0.1) is 0 Å². The quantitative estimate of drug-likeness (QED) is 0.800. The van der Waals surface area contributed by atoms with E-state index in [4.69, 9.17) is 4.74 Å². The Morgan fingerprint density at radius 2 is 2.35 bits per heavy atom. The van der Waals surface area contributed by atoms with Gasteiger partial charge in [-0.2, -0.15) is 0 Å². The van der Waals surface area contributed by atoms with Crippen LogP contribution in [0.2, 0.25) is 0 Å². The van der Waals surface area contributed by atoms with Crippen molar-refractivity contribution in [2.24, 2.45) is 0 Å². The second-order valence-corrected chi connectivity index (χ2v) is 4.85. The molecule has 1 aromatic rings. The maximum Gasteiger partial charge on any atom is 0.218 e. The third-order valence-electron chi connectivity index (χ3n) is 3.28. The molecule has 0 unspecified atom stereocenters. The van der Waals surface area contributed by atoms with Gasteiger partial charge in [0.1, 0.15) is 0 Å². The van der Waals surface area contributed by atoms with Gasteiger partial charge in [0.25, 0.3) is 0 Å². The highest BCUT2D eigenvalue weighted by Gasteiger charge is 2.27. The third kappa shape index (κ3) is 2.78. The van der Waals surface area contributed by atoms with E-state index in [0.717, 1.165) is 12.4 Å². The molecule has 1 aliphatic rings. The number of hydrogen-bond donors (Lipinski definition) is 0. The Morgan fingerprint density at radius 1 is 1.53 bits per heavy atom. The SMILES string of the molecule is CCN1CCC[C@H]1c1cccnc1OC(C)C. The minimum Gasteiger partial charge on any atom is -0.475 e. The van der Waals surface area contributed by atoms with Gasteiger partial charge in [-0.3, -0.25) is 4.90 Å². The van der Waals surface area contributed by atoms with Gasteiger partial charge in [0, 0.05) is 17.8 Å². The topological polar surface area (TPSA) is 25.4 Å². The molecule has 2 heterocycles. The van der Waals surface area contributed by atoms with Gasteiger partial charge in [0.05, 0.1) is 6.10 Å². The molecule has 0 bridgehead atoms. The van der Waals surface area contributed by atoms with Crippen molar-refractivity contribution in [1.82, 2.24) is 9.88 Å². The third-order valence-corrected chi connectivity index (χ3v) is 3.28. The highest BCUT2D eigenvalue weighted by molar-refractivity contribution is 5.30. The van der Waals surface area contributed by atoms with Crippen LogP contribution in [0.15, 0.2) is 18.3 Å². The fraction of sp³-hybridized carbons (Fsp3) is 0.643. The first kappa shape index (κ1) is 12.4. The summed E-state index contributed by atoms with van der Waals surface area (Å²) in [5, 5.41) is 0. The molecule has 0 N–H and O–H groups in total.